The summed E-state index contributed by atoms with van der Waals surface area (Å²) in [6.07, 6.45) is 0.616. The lowest BCUT2D eigenvalue weighted by Gasteiger charge is -2.18. The van der Waals surface area contributed by atoms with E-state index in [0.717, 1.165) is 15.8 Å². The molecule has 8 heteroatoms. The van der Waals surface area contributed by atoms with E-state index in [-0.39, 0.29) is 5.76 Å². The average Bonchev–Trinajstić information content (AvgIpc) is 3.36. The van der Waals surface area contributed by atoms with Crippen LogP contribution in [0, 0.1) is 10.1 Å². The number of hydrogen-bond acceptors (Lipinski definition) is 6. The highest BCUT2D eigenvalue weighted by Gasteiger charge is 2.26. The van der Waals surface area contributed by atoms with Gasteiger partial charge in [0.2, 0.25) is 0 Å². The predicted octanol–water partition coefficient (Wildman–Crippen LogP) is 4.69. The zero-order valence-electron chi connectivity index (χ0n) is 14.6. The Bertz CT molecular complexity index is 1100. The number of hydrogen-bond donors (Lipinski definition) is 0. The Morgan fingerprint density at radius 3 is 2.54 bits per heavy atom. The van der Waals surface area contributed by atoms with Crippen molar-refractivity contribution < 1.29 is 14.1 Å². The van der Waals surface area contributed by atoms with Crippen LogP contribution in [0.1, 0.15) is 16.1 Å². The monoisotopic (exact) mass is 393 g/mol. The number of carbonyl (C=O) groups excluding carboxylic acids is 1. The Labute approximate surface area is 164 Å². The van der Waals surface area contributed by atoms with Gasteiger partial charge in [-0.3, -0.25) is 19.8 Å². The highest BCUT2D eigenvalue weighted by atomic mass is 32.1. The molecule has 28 heavy (non-hydrogen) atoms. The largest absolute Gasteiger partial charge is 0.433 e. The zero-order chi connectivity index (χ0) is 19.5. The van der Waals surface area contributed by atoms with E-state index in [1.165, 1.54) is 28.4 Å². The lowest BCUT2D eigenvalue weighted by Crippen LogP contribution is -2.32. The van der Waals surface area contributed by atoms with Crippen LogP contribution in [0.4, 0.5) is 11.0 Å². The van der Waals surface area contributed by atoms with Crippen LogP contribution < -0.4 is 4.90 Å². The second kappa shape index (κ2) is 7.61. The van der Waals surface area contributed by atoms with Gasteiger partial charge in [0.1, 0.15) is 4.92 Å². The summed E-state index contributed by atoms with van der Waals surface area (Å²) in [6.45, 7) is 0.372. The number of amides is 1. The summed E-state index contributed by atoms with van der Waals surface area (Å²) in [5.74, 6) is -1.00. The van der Waals surface area contributed by atoms with E-state index in [4.69, 9.17) is 4.42 Å². The number of fused-ring (bicyclic) bond motifs is 1. The highest BCUT2D eigenvalue weighted by molar-refractivity contribution is 7.22. The maximum Gasteiger partial charge on any atom is 0.433 e. The van der Waals surface area contributed by atoms with Crippen LogP contribution in [0.15, 0.2) is 71.1 Å². The van der Waals surface area contributed by atoms with Crippen molar-refractivity contribution in [2.24, 2.45) is 0 Å². The molecule has 7 nitrogen and oxygen atoms in total. The van der Waals surface area contributed by atoms with Gasteiger partial charge in [0.05, 0.1) is 16.3 Å². The van der Waals surface area contributed by atoms with Crippen molar-refractivity contribution in [2.75, 3.05) is 11.4 Å². The number of nitrogens with zero attached hydrogens (tertiary/aromatic N) is 3. The average molecular weight is 393 g/mol. The number of carbonyl (C=O) groups is 1. The first-order chi connectivity index (χ1) is 13.6. The molecule has 0 aliphatic rings. The van der Waals surface area contributed by atoms with Crippen LogP contribution in [0.3, 0.4) is 0 Å². The van der Waals surface area contributed by atoms with Gasteiger partial charge in [-0.05, 0) is 30.2 Å². The van der Waals surface area contributed by atoms with Gasteiger partial charge in [0, 0.05) is 6.54 Å². The van der Waals surface area contributed by atoms with Gasteiger partial charge in [-0.15, -0.1) is 0 Å². The summed E-state index contributed by atoms with van der Waals surface area (Å²) in [4.78, 5) is 29.3. The Morgan fingerprint density at radius 2 is 1.82 bits per heavy atom. The van der Waals surface area contributed by atoms with Gasteiger partial charge in [0.15, 0.2) is 10.9 Å². The van der Waals surface area contributed by atoms with Crippen LogP contribution in [0.2, 0.25) is 0 Å². The fraction of sp³-hybridized carbons (Fsp3) is 0.100. The van der Waals surface area contributed by atoms with E-state index in [0.29, 0.717) is 18.1 Å². The molecule has 2 aromatic heterocycles. The molecule has 2 aromatic carbocycles. The van der Waals surface area contributed by atoms with Crippen molar-refractivity contribution in [2.45, 2.75) is 6.42 Å². The molecular formula is C20H15N3O4S. The lowest BCUT2D eigenvalue weighted by atomic mass is 10.1. The fourth-order valence-electron chi connectivity index (χ4n) is 2.82. The molecule has 140 valence electrons. The first kappa shape index (κ1) is 17.9. The molecule has 4 aromatic rings. The number of aromatic nitrogens is 1. The van der Waals surface area contributed by atoms with Gasteiger partial charge in [-0.1, -0.05) is 53.8 Å². The van der Waals surface area contributed by atoms with Gasteiger partial charge in [-0.2, -0.15) is 0 Å². The molecule has 0 atom stereocenters. The molecule has 1 amide bonds. The maximum atomic E-state index is 13.1. The van der Waals surface area contributed by atoms with Crippen LogP contribution >= 0.6 is 11.3 Å². The predicted molar refractivity (Wildman–Crippen MR) is 107 cm³/mol. The molecule has 0 unspecified atom stereocenters. The summed E-state index contributed by atoms with van der Waals surface area (Å²) in [7, 11) is 0. The number of furan rings is 1. The highest BCUT2D eigenvalue weighted by Crippen LogP contribution is 2.30. The van der Waals surface area contributed by atoms with Crippen molar-refractivity contribution >= 4 is 38.5 Å². The van der Waals surface area contributed by atoms with Crippen LogP contribution in [0.25, 0.3) is 10.2 Å². The topological polar surface area (TPSA) is 89.5 Å². The standard InChI is InChI=1S/C20H15N3O4S/c24-19(16-10-11-18(27-16)23(25)26)22(13-12-14-6-2-1-3-7-14)20-21-15-8-4-5-9-17(15)28-20/h1-11H,12-13H2. The van der Waals surface area contributed by atoms with Crippen molar-refractivity contribution in [3.8, 4) is 0 Å². The Kier molecular flexibility index (Phi) is 4.86. The molecule has 2 heterocycles. The molecule has 0 bridgehead atoms. The Morgan fingerprint density at radius 1 is 1.07 bits per heavy atom. The second-order valence-corrected chi connectivity index (χ2v) is 7.06. The SMILES string of the molecule is O=C(c1ccc([N+](=O)[O-])o1)N(CCc1ccccc1)c1nc2ccccc2s1. The molecule has 0 aliphatic carbocycles. The lowest BCUT2D eigenvalue weighted by molar-refractivity contribution is -0.402. The van der Waals surface area contributed by atoms with Crippen molar-refractivity contribution in [3.05, 3.63) is 88.2 Å². The number of rotatable bonds is 6. The van der Waals surface area contributed by atoms with Gasteiger partial charge in [-0.25, -0.2) is 4.98 Å². The molecule has 0 radical (unpaired) electrons. The maximum absolute atomic E-state index is 13.1. The molecule has 0 N–H and O–H groups in total. The van der Waals surface area contributed by atoms with Crippen LogP contribution in [0.5, 0.6) is 0 Å². The summed E-state index contributed by atoms with van der Waals surface area (Å²) in [5, 5.41) is 11.4. The third kappa shape index (κ3) is 3.63. The van der Waals surface area contributed by atoms with Crippen molar-refractivity contribution in [1.82, 2.24) is 4.98 Å². The van der Waals surface area contributed by atoms with Gasteiger partial charge < -0.3 is 4.42 Å². The van der Waals surface area contributed by atoms with Crippen molar-refractivity contribution in [1.29, 1.82) is 0 Å². The minimum Gasteiger partial charge on any atom is -0.395 e. The summed E-state index contributed by atoms with van der Waals surface area (Å²) in [5.41, 5.74) is 1.87. The Balaban J connectivity index is 1.67. The number of anilines is 1. The van der Waals surface area contributed by atoms with Crippen LogP contribution in [-0.2, 0) is 6.42 Å². The number of benzene rings is 2. The molecule has 0 spiro atoms. The number of para-hydroxylation sites is 1. The summed E-state index contributed by atoms with van der Waals surface area (Å²) < 4.78 is 6.08. The third-order valence-corrected chi connectivity index (χ3v) is 5.27. The van der Waals surface area contributed by atoms with E-state index >= 15 is 0 Å². The smallest absolute Gasteiger partial charge is 0.395 e. The number of thiazole rings is 1. The van der Waals surface area contributed by atoms with Gasteiger partial charge >= 0.3 is 5.88 Å². The molecule has 0 aliphatic heterocycles. The van der Waals surface area contributed by atoms with E-state index < -0.39 is 16.7 Å². The number of nitro groups is 1. The second-order valence-electron chi connectivity index (χ2n) is 6.05. The summed E-state index contributed by atoms with van der Waals surface area (Å²) >= 11 is 1.40. The van der Waals surface area contributed by atoms with Gasteiger partial charge in [0.25, 0.3) is 5.91 Å². The molecular weight excluding hydrogens is 378 g/mol. The van der Waals surface area contributed by atoms with E-state index in [2.05, 4.69) is 4.98 Å². The Hall–Kier alpha value is -3.52. The normalized spacial score (nSPS) is 10.9. The first-order valence-electron chi connectivity index (χ1n) is 8.57. The van der Waals surface area contributed by atoms with E-state index in [9.17, 15) is 14.9 Å². The van der Waals surface area contributed by atoms with E-state index in [1.54, 1.807) is 0 Å². The minimum atomic E-state index is -0.664. The fourth-order valence-corrected chi connectivity index (χ4v) is 3.81. The minimum absolute atomic E-state index is 0.0842. The first-order valence-corrected chi connectivity index (χ1v) is 9.39. The molecule has 0 saturated heterocycles. The summed E-state index contributed by atoms with van der Waals surface area (Å²) in [6, 6.07) is 19.9. The molecule has 0 fully saturated rings. The third-order valence-electron chi connectivity index (χ3n) is 4.21. The van der Waals surface area contributed by atoms with Crippen molar-refractivity contribution in [3.63, 3.8) is 0 Å². The quantitative estimate of drug-likeness (QED) is 0.350. The van der Waals surface area contributed by atoms with Crippen LogP contribution in [-0.4, -0.2) is 22.4 Å². The zero-order valence-corrected chi connectivity index (χ0v) is 15.5. The molecule has 0 saturated carbocycles. The van der Waals surface area contributed by atoms with E-state index in [1.807, 2.05) is 54.6 Å². The molecule has 4 rings (SSSR count).